The zero-order chi connectivity index (χ0) is 9.19. The standard InChI is InChI=1S/C8H14FNO2/c1-3-8(9)4-6(2)7(12-8)10-5-11/h5-7H,3-4H2,1-2H3,(H,10,11). The summed E-state index contributed by atoms with van der Waals surface area (Å²) < 4.78 is 18.5. The topological polar surface area (TPSA) is 38.3 Å². The average molecular weight is 175 g/mol. The Hall–Kier alpha value is -0.640. The molecule has 0 aliphatic carbocycles. The van der Waals surface area contributed by atoms with Crippen LogP contribution in [0.4, 0.5) is 4.39 Å². The van der Waals surface area contributed by atoms with Gasteiger partial charge < -0.3 is 10.1 Å². The van der Waals surface area contributed by atoms with E-state index in [1.54, 1.807) is 6.92 Å². The third-order valence-electron chi connectivity index (χ3n) is 2.24. The van der Waals surface area contributed by atoms with Gasteiger partial charge in [0.2, 0.25) is 12.3 Å². The van der Waals surface area contributed by atoms with E-state index in [-0.39, 0.29) is 5.92 Å². The summed E-state index contributed by atoms with van der Waals surface area (Å²) in [4.78, 5) is 10.1. The Morgan fingerprint density at radius 3 is 2.92 bits per heavy atom. The maximum atomic E-state index is 13.5. The van der Waals surface area contributed by atoms with Crippen molar-refractivity contribution in [3.63, 3.8) is 0 Å². The number of hydrogen-bond acceptors (Lipinski definition) is 2. The highest BCUT2D eigenvalue weighted by Gasteiger charge is 2.43. The lowest BCUT2D eigenvalue weighted by Gasteiger charge is -2.17. The molecule has 0 bridgehead atoms. The van der Waals surface area contributed by atoms with Crippen LogP contribution in [0, 0.1) is 5.92 Å². The second-order valence-electron chi connectivity index (χ2n) is 3.24. The van der Waals surface area contributed by atoms with Crippen LogP contribution in [0.2, 0.25) is 0 Å². The Morgan fingerprint density at radius 1 is 1.83 bits per heavy atom. The first-order chi connectivity index (χ1) is 5.61. The third-order valence-corrected chi connectivity index (χ3v) is 2.24. The van der Waals surface area contributed by atoms with E-state index in [9.17, 15) is 9.18 Å². The molecule has 1 rings (SSSR count). The Kier molecular flexibility index (Phi) is 2.67. The van der Waals surface area contributed by atoms with E-state index < -0.39 is 12.1 Å². The molecule has 70 valence electrons. The molecule has 0 spiro atoms. The number of carbonyl (C=O) groups is 1. The number of carbonyl (C=O) groups excluding carboxylic acids is 1. The Balaban J connectivity index is 2.54. The molecule has 0 saturated carbocycles. The number of halogens is 1. The molecule has 4 heteroatoms. The predicted molar refractivity (Wildman–Crippen MR) is 42.0 cm³/mol. The molecule has 12 heavy (non-hydrogen) atoms. The zero-order valence-electron chi connectivity index (χ0n) is 7.34. The molecule has 1 aliphatic rings. The van der Waals surface area contributed by atoms with Crippen molar-refractivity contribution in [1.82, 2.24) is 5.32 Å². The van der Waals surface area contributed by atoms with Gasteiger partial charge >= 0.3 is 0 Å². The molecule has 1 N–H and O–H groups in total. The predicted octanol–water partition coefficient (Wildman–Crippen LogP) is 1.19. The molecule has 1 fully saturated rings. The van der Waals surface area contributed by atoms with E-state index in [1.165, 1.54) is 0 Å². The lowest BCUT2D eigenvalue weighted by Crippen LogP contribution is -2.33. The van der Waals surface area contributed by atoms with Gasteiger partial charge in [0.25, 0.3) is 0 Å². The third kappa shape index (κ3) is 1.75. The second-order valence-corrected chi connectivity index (χ2v) is 3.24. The highest BCUT2D eigenvalue weighted by atomic mass is 19.2. The van der Waals surface area contributed by atoms with Crippen LogP contribution in [0.15, 0.2) is 0 Å². The van der Waals surface area contributed by atoms with Crippen molar-refractivity contribution < 1.29 is 13.9 Å². The van der Waals surface area contributed by atoms with Gasteiger partial charge in [-0.2, -0.15) is 0 Å². The van der Waals surface area contributed by atoms with E-state index in [1.807, 2.05) is 6.92 Å². The summed E-state index contributed by atoms with van der Waals surface area (Å²) >= 11 is 0. The van der Waals surface area contributed by atoms with Crippen molar-refractivity contribution >= 4 is 6.41 Å². The van der Waals surface area contributed by atoms with Crippen LogP contribution >= 0.6 is 0 Å². The van der Waals surface area contributed by atoms with Crippen molar-refractivity contribution in [3.8, 4) is 0 Å². The van der Waals surface area contributed by atoms with Crippen molar-refractivity contribution in [2.24, 2.45) is 5.92 Å². The average Bonchev–Trinajstić information content (AvgIpc) is 2.30. The first-order valence-electron chi connectivity index (χ1n) is 4.18. The summed E-state index contributed by atoms with van der Waals surface area (Å²) in [7, 11) is 0. The minimum atomic E-state index is -1.54. The van der Waals surface area contributed by atoms with Crippen molar-refractivity contribution in [2.45, 2.75) is 38.8 Å². The van der Waals surface area contributed by atoms with Gasteiger partial charge in [-0.25, -0.2) is 4.39 Å². The van der Waals surface area contributed by atoms with Crippen molar-refractivity contribution in [3.05, 3.63) is 0 Å². The van der Waals surface area contributed by atoms with Crippen LogP contribution in [0.3, 0.4) is 0 Å². The maximum absolute atomic E-state index is 13.5. The largest absolute Gasteiger partial charge is 0.333 e. The molecule has 1 amide bonds. The molecular formula is C8H14FNO2. The van der Waals surface area contributed by atoms with Gasteiger partial charge in [0.15, 0.2) is 0 Å². The lowest BCUT2D eigenvalue weighted by molar-refractivity contribution is -0.148. The SMILES string of the molecule is CCC1(F)CC(C)C(NC=O)O1. The zero-order valence-corrected chi connectivity index (χ0v) is 7.34. The minimum absolute atomic E-state index is 0.0418. The van der Waals surface area contributed by atoms with Crippen LogP contribution in [-0.2, 0) is 9.53 Å². The summed E-state index contributed by atoms with van der Waals surface area (Å²) in [5.74, 6) is -1.50. The van der Waals surface area contributed by atoms with Crippen molar-refractivity contribution in [2.75, 3.05) is 0 Å². The van der Waals surface area contributed by atoms with E-state index in [2.05, 4.69) is 5.32 Å². The summed E-state index contributed by atoms with van der Waals surface area (Å²) in [5.41, 5.74) is 0. The van der Waals surface area contributed by atoms with E-state index in [0.717, 1.165) is 0 Å². The first-order valence-corrected chi connectivity index (χ1v) is 4.18. The van der Waals surface area contributed by atoms with Gasteiger partial charge in [0, 0.05) is 18.8 Å². The number of rotatable bonds is 3. The fraction of sp³-hybridized carbons (Fsp3) is 0.875. The van der Waals surface area contributed by atoms with E-state index >= 15 is 0 Å². The van der Waals surface area contributed by atoms with Crippen LogP contribution in [-0.4, -0.2) is 18.5 Å². The van der Waals surface area contributed by atoms with Gasteiger partial charge in [-0.3, -0.25) is 4.79 Å². The molecule has 0 aromatic rings. The summed E-state index contributed by atoms with van der Waals surface area (Å²) in [6.45, 7) is 3.59. The van der Waals surface area contributed by atoms with Crippen LogP contribution in [0.5, 0.6) is 0 Å². The van der Waals surface area contributed by atoms with Gasteiger partial charge in [0.1, 0.15) is 6.23 Å². The van der Waals surface area contributed by atoms with Gasteiger partial charge in [0.05, 0.1) is 0 Å². The molecule has 3 unspecified atom stereocenters. The fourth-order valence-electron chi connectivity index (χ4n) is 1.47. The normalized spacial score (nSPS) is 41.2. The highest BCUT2D eigenvalue weighted by Crippen LogP contribution is 2.36. The second kappa shape index (κ2) is 3.39. The minimum Gasteiger partial charge on any atom is -0.333 e. The van der Waals surface area contributed by atoms with Gasteiger partial charge in [-0.1, -0.05) is 13.8 Å². The Labute approximate surface area is 71.3 Å². The molecule has 1 aliphatic heterocycles. The molecule has 3 atom stereocenters. The Bertz CT molecular complexity index is 176. The Morgan fingerprint density at radius 2 is 2.50 bits per heavy atom. The van der Waals surface area contributed by atoms with Gasteiger partial charge in [-0.15, -0.1) is 0 Å². The van der Waals surface area contributed by atoms with Gasteiger partial charge in [-0.05, 0) is 0 Å². The van der Waals surface area contributed by atoms with Crippen LogP contribution in [0.25, 0.3) is 0 Å². The molecular weight excluding hydrogens is 161 g/mol. The number of alkyl halides is 1. The highest BCUT2D eigenvalue weighted by molar-refractivity contribution is 5.46. The molecule has 0 radical (unpaired) electrons. The fourth-order valence-corrected chi connectivity index (χ4v) is 1.47. The first kappa shape index (κ1) is 9.45. The quantitative estimate of drug-likeness (QED) is 0.654. The molecule has 3 nitrogen and oxygen atoms in total. The van der Waals surface area contributed by atoms with Crippen molar-refractivity contribution in [1.29, 1.82) is 0 Å². The molecule has 1 saturated heterocycles. The number of hydrogen-bond donors (Lipinski definition) is 1. The molecule has 1 heterocycles. The van der Waals surface area contributed by atoms with E-state index in [4.69, 9.17) is 4.74 Å². The molecule has 0 aromatic carbocycles. The maximum Gasteiger partial charge on any atom is 0.211 e. The molecule has 0 aromatic heterocycles. The number of amides is 1. The van der Waals surface area contributed by atoms with E-state index in [0.29, 0.717) is 19.3 Å². The van der Waals surface area contributed by atoms with Crippen LogP contribution in [0.1, 0.15) is 26.7 Å². The number of ether oxygens (including phenoxy) is 1. The smallest absolute Gasteiger partial charge is 0.211 e. The summed E-state index contributed by atoms with van der Waals surface area (Å²) in [6, 6.07) is 0. The monoisotopic (exact) mass is 175 g/mol. The lowest BCUT2D eigenvalue weighted by atomic mass is 10.0. The van der Waals surface area contributed by atoms with Crippen LogP contribution < -0.4 is 5.32 Å². The summed E-state index contributed by atoms with van der Waals surface area (Å²) in [5, 5.41) is 2.44. The number of nitrogens with one attached hydrogen (secondary N) is 1. The summed E-state index contributed by atoms with van der Waals surface area (Å²) in [6.07, 6.45) is 0.763.